The van der Waals surface area contributed by atoms with Gasteiger partial charge in [0.2, 0.25) is 5.91 Å². The maximum absolute atomic E-state index is 13.5. The Bertz CT molecular complexity index is 950. The number of hydrogen-bond acceptors (Lipinski definition) is 3. The smallest absolute Gasteiger partial charge is 0.224 e. The molecule has 1 aromatic heterocycles. The van der Waals surface area contributed by atoms with Gasteiger partial charge in [-0.25, -0.2) is 4.39 Å². The Hall–Kier alpha value is -3.02. The van der Waals surface area contributed by atoms with Crippen molar-refractivity contribution in [2.45, 2.75) is 19.9 Å². The van der Waals surface area contributed by atoms with Crippen LogP contribution in [-0.2, 0) is 17.8 Å². The molecule has 0 unspecified atom stereocenters. The molecule has 3 rings (SSSR count). The van der Waals surface area contributed by atoms with Crippen molar-refractivity contribution in [1.29, 1.82) is 0 Å². The van der Waals surface area contributed by atoms with Crippen LogP contribution in [0.4, 0.5) is 4.39 Å². The van der Waals surface area contributed by atoms with Crippen LogP contribution < -0.4 is 14.8 Å². The van der Waals surface area contributed by atoms with Gasteiger partial charge in [-0.15, -0.1) is 0 Å². The molecule has 26 heavy (non-hydrogen) atoms. The molecule has 0 aliphatic carbocycles. The van der Waals surface area contributed by atoms with E-state index in [4.69, 9.17) is 9.47 Å². The first-order chi connectivity index (χ1) is 12.5. The number of ether oxygens (including phenoxy) is 2. The van der Waals surface area contributed by atoms with Gasteiger partial charge >= 0.3 is 0 Å². The lowest BCUT2D eigenvalue weighted by molar-refractivity contribution is -0.120. The van der Waals surface area contributed by atoms with Gasteiger partial charge in [-0.2, -0.15) is 0 Å². The first kappa shape index (κ1) is 17.8. The Balaban J connectivity index is 1.74. The fraction of sp³-hybridized carbons (Fsp3) is 0.250. The zero-order valence-electron chi connectivity index (χ0n) is 15.0. The Morgan fingerprint density at radius 3 is 2.69 bits per heavy atom. The van der Waals surface area contributed by atoms with Gasteiger partial charge in [-0.1, -0.05) is 0 Å². The molecule has 0 aliphatic rings. The van der Waals surface area contributed by atoms with E-state index in [1.165, 1.54) is 12.1 Å². The van der Waals surface area contributed by atoms with Crippen LogP contribution >= 0.6 is 0 Å². The standard InChI is InChI=1S/C20H21FN2O3/c1-12-16(17-9-14(21)4-6-18(17)23-12)10-20(24)22-11-13-8-15(25-2)5-7-19(13)26-3/h4-9,23H,10-11H2,1-3H3,(H,22,24). The van der Waals surface area contributed by atoms with E-state index in [1.807, 2.05) is 13.0 Å². The van der Waals surface area contributed by atoms with Crippen molar-refractivity contribution in [2.75, 3.05) is 14.2 Å². The van der Waals surface area contributed by atoms with E-state index in [2.05, 4.69) is 10.3 Å². The van der Waals surface area contributed by atoms with Gasteiger partial charge in [0.25, 0.3) is 0 Å². The van der Waals surface area contributed by atoms with Crippen molar-refractivity contribution in [2.24, 2.45) is 0 Å². The van der Waals surface area contributed by atoms with E-state index >= 15 is 0 Å². The molecule has 1 heterocycles. The Morgan fingerprint density at radius 1 is 1.15 bits per heavy atom. The molecule has 0 saturated carbocycles. The number of carbonyl (C=O) groups is 1. The second-order valence-corrected chi connectivity index (χ2v) is 6.05. The summed E-state index contributed by atoms with van der Waals surface area (Å²) in [6, 6.07) is 9.95. The number of hydrogen-bond donors (Lipinski definition) is 2. The third-order valence-electron chi connectivity index (χ3n) is 4.38. The van der Waals surface area contributed by atoms with Gasteiger partial charge in [0.15, 0.2) is 0 Å². The summed E-state index contributed by atoms with van der Waals surface area (Å²) < 4.78 is 24.1. The summed E-state index contributed by atoms with van der Waals surface area (Å²) in [5.74, 6) is 0.900. The number of halogens is 1. The van der Waals surface area contributed by atoms with Gasteiger partial charge in [-0.05, 0) is 48.9 Å². The number of benzene rings is 2. The number of fused-ring (bicyclic) bond motifs is 1. The predicted molar refractivity (Wildman–Crippen MR) is 98.1 cm³/mol. The summed E-state index contributed by atoms with van der Waals surface area (Å²) in [6.45, 7) is 2.20. The maximum atomic E-state index is 13.5. The SMILES string of the molecule is COc1ccc(OC)c(CNC(=O)Cc2c(C)[nH]c3ccc(F)cc23)c1. The third kappa shape index (κ3) is 3.64. The first-order valence-corrected chi connectivity index (χ1v) is 8.26. The van der Waals surface area contributed by atoms with Crippen molar-refractivity contribution in [3.05, 3.63) is 59.0 Å². The number of aryl methyl sites for hydroxylation is 1. The highest BCUT2D eigenvalue weighted by atomic mass is 19.1. The fourth-order valence-electron chi connectivity index (χ4n) is 3.02. The number of H-pyrrole nitrogens is 1. The van der Waals surface area contributed by atoms with Crippen LogP contribution in [-0.4, -0.2) is 25.1 Å². The van der Waals surface area contributed by atoms with E-state index in [9.17, 15) is 9.18 Å². The Kier molecular flexibility index (Phi) is 5.11. The van der Waals surface area contributed by atoms with Crippen molar-refractivity contribution in [3.63, 3.8) is 0 Å². The van der Waals surface area contributed by atoms with E-state index < -0.39 is 0 Å². The number of aromatic nitrogens is 1. The topological polar surface area (TPSA) is 63.4 Å². The second-order valence-electron chi connectivity index (χ2n) is 6.05. The zero-order chi connectivity index (χ0) is 18.7. The van der Waals surface area contributed by atoms with Crippen LogP contribution in [0.15, 0.2) is 36.4 Å². The lowest BCUT2D eigenvalue weighted by Gasteiger charge is -2.11. The highest BCUT2D eigenvalue weighted by molar-refractivity contribution is 5.90. The van der Waals surface area contributed by atoms with Crippen LogP contribution in [0.3, 0.4) is 0 Å². The van der Waals surface area contributed by atoms with E-state index in [0.29, 0.717) is 18.0 Å². The summed E-state index contributed by atoms with van der Waals surface area (Å²) in [5.41, 5.74) is 3.30. The molecule has 0 saturated heterocycles. The lowest BCUT2D eigenvalue weighted by Crippen LogP contribution is -2.25. The predicted octanol–water partition coefficient (Wildman–Crippen LogP) is 3.49. The number of amides is 1. The molecule has 3 aromatic rings. The summed E-state index contributed by atoms with van der Waals surface area (Å²) in [7, 11) is 3.17. The van der Waals surface area contributed by atoms with Crippen LogP contribution in [0.1, 0.15) is 16.8 Å². The molecule has 0 bridgehead atoms. The molecule has 0 atom stereocenters. The molecule has 2 aromatic carbocycles. The summed E-state index contributed by atoms with van der Waals surface area (Å²) in [4.78, 5) is 15.6. The minimum Gasteiger partial charge on any atom is -0.497 e. The van der Waals surface area contributed by atoms with Gasteiger partial charge in [0.05, 0.1) is 20.6 Å². The van der Waals surface area contributed by atoms with E-state index in [-0.39, 0.29) is 18.1 Å². The van der Waals surface area contributed by atoms with Crippen LogP contribution in [0.25, 0.3) is 10.9 Å². The Morgan fingerprint density at radius 2 is 1.96 bits per heavy atom. The molecule has 0 fully saturated rings. The van der Waals surface area contributed by atoms with Crippen molar-refractivity contribution < 1.29 is 18.7 Å². The van der Waals surface area contributed by atoms with E-state index in [0.717, 1.165) is 27.7 Å². The molecular weight excluding hydrogens is 335 g/mol. The highest BCUT2D eigenvalue weighted by Crippen LogP contribution is 2.25. The van der Waals surface area contributed by atoms with Crippen LogP contribution in [0, 0.1) is 12.7 Å². The zero-order valence-corrected chi connectivity index (χ0v) is 15.0. The lowest BCUT2D eigenvalue weighted by atomic mass is 10.1. The van der Waals surface area contributed by atoms with Gasteiger partial charge in [0, 0.05) is 28.7 Å². The molecule has 6 heteroatoms. The minimum atomic E-state index is -0.320. The fourth-order valence-corrected chi connectivity index (χ4v) is 3.02. The minimum absolute atomic E-state index is 0.150. The molecule has 5 nitrogen and oxygen atoms in total. The number of methoxy groups -OCH3 is 2. The quantitative estimate of drug-likeness (QED) is 0.711. The normalized spacial score (nSPS) is 10.8. The van der Waals surface area contributed by atoms with Gasteiger partial charge in [0.1, 0.15) is 17.3 Å². The summed E-state index contributed by atoms with van der Waals surface area (Å²) in [6.07, 6.45) is 0.168. The number of nitrogens with one attached hydrogen (secondary N) is 2. The highest BCUT2D eigenvalue weighted by Gasteiger charge is 2.14. The molecule has 1 amide bonds. The summed E-state index contributed by atoms with van der Waals surface area (Å²) >= 11 is 0. The molecule has 0 aliphatic heterocycles. The third-order valence-corrected chi connectivity index (χ3v) is 4.38. The monoisotopic (exact) mass is 356 g/mol. The second kappa shape index (κ2) is 7.47. The van der Waals surface area contributed by atoms with E-state index in [1.54, 1.807) is 32.4 Å². The number of aromatic amines is 1. The molecule has 0 radical (unpaired) electrons. The number of carbonyl (C=O) groups excluding carboxylic acids is 1. The van der Waals surface area contributed by atoms with Gasteiger partial charge in [-0.3, -0.25) is 4.79 Å². The van der Waals surface area contributed by atoms with Gasteiger partial charge < -0.3 is 19.8 Å². The molecule has 2 N–H and O–H groups in total. The molecule has 0 spiro atoms. The molecular formula is C20H21FN2O3. The van der Waals surface area contributed by atoms with Crippen LogP contribution in [0.2, 0.25) is 0 Å². The Labute approximate surface area is 151 Å². The average molecular weight is 356 g/mol. The number of rotatable bonds is 6. The molecule has 136 valence electrons. The summed E-state index contributed by atoms with van der Waals surface area (Å²) in [5, 5.41) is 3.62. The van der Waals surface area contributed by atoms with Crippen molar-refractivity contribution in [3.8, 4) is 11.5 Å². The van der Waals surface area contributed by atoms with Crippen LogP contribution in [0.5, 0.6) is 11.5 Å². The van der Waals surface area contributed by atoms with Crippen molar-refractivity contribution >= 4 is 16.8 Å². The average Bonchev–Trinajstić information content (AvgIpc) is 2.94. The largest absolute Gasteiger partial charge is 0.497 e. The maximum Gasteiger partial charge on any atom is 0.224 e. The first-order valence-electron chi connectivity index (χ1n) is 8.26. The van der Waals surface area contributed by atoms with Crippen molar-refractivity contribution in [1.82, 2.24) is 10.3 Å².